The zero-order chi connectivity index (χ0) is 2.71. The molecule has 4 heavy (non-hydrogen) atoms. The van der Waals surface area contributed by atoms with Crippen molar-refractivity contribution >= 4 is 55.2 Å². The van der Waals surface area contributed by atoms with Gasteiger partial charge in [0, 0.05) is 6.92 Å². The molecule has 0 spiro atoms. The molecule has 0 bridgehead atoms. The van der Waals surface area contributed by atoms with Crippen LogP contribution in [0.1, 0.15) is 6.92 Å². The average Bonchev–Trinajstić information content (AvgIpc) is 0.918. The Hall–Kier alpha value is 1.24. The van der Waals surface area contributed by atoms with Crippen molar-refractivity contribution in [3.05, 3.63) is 0 Å². The van der Waals surface area contributed by atoms with Crippen LogP contribution in [0, 0.1) is 0 Å². The van der Waals surface area contributed by atoms with E-state index in [1.807, 2.05) is 0 Å². The second-order valence-electron chi connectivity index (χ2n) is 0.204. The molecule has 0 saturated carbocycles. The fourth-order valence-corrected chi connectivity index (χ4v) is 0. The van der Waals surface area contributed by atoms with Crippen molar-refractivity contribution in [2.45, 2.75) is 6.92 Å². The van der Waals surface area contributed by atoms with Gasteiger partial charge in [0.05, 0.1) is 0 Å². The van der Waals surface area contributed by atoms with E-state index in [2.05, 4.69) is 0 Å². The first kappa shape index (κ1) is 8.97. The molecule has 0 saturated heterocycles. The summed E-state index contributed by atoms with van der Waals surface area (Å²) in [6.07, 6.45) is 1.50. The monoisotopic (exact) mass is 183 g/mol. The van der Waals surface area contributed by atoms with Crippen molar-refractivity contribution in [3.8, 4) is 0 Å². The van der Waals surface area contributed by atoms with Crippen molar-refractivity contribution in [2.75, 3.05) is 0 Å². The Bertz CT molecular complexity index is 13.5. The molecule has 0 aromatic heterocycles. The molecular weight excluding hydrogens is 177 g/mol. The van der Waals surface area contributed by atoms with E-state index in [0.29, 0.717) is 0 Å². The Kier molecular flexibility index (Phi) is 19.9. The van der Waals surface area contributed by atoms with E-state index in [1.54, 1.807) is 0 Å². The second-order valence-corrected chi connectivity index (χ2v) is 0.204. The quantitative estimate of drug-likeness (QED) is 0.448. The van der Waals surface area contributed by atoms with Crippen LogP contribution in [-0.4, -0.2) is 55.2 Å². The Labute approximate surface area is 65.8 Å². The maximum absolute atomic E-state index is 8.68. The predicted molar refractivity (Wildman–Crippen MR) is 19.9 cm³/mol. The molecule has 0 aromatic carbocycles. The Morgan fingerprint density at radius 2 is 1.75 bits per heavy atom. The summed E-state index contributed by atoms with van der Waals surface area (Å²) in [5.74, 6) is 0. The van der Waals surface area contributed by atoms with E-state index in [4.69, 9.17) is 4.79 Å². The summed E-state index contributed by atoms with van der Waals surface area (Å²) in [4.78, 5) is 8.68. The summed E-state index contributed by atoms with van der Waals surface area (Å²) in [5, 5.41) is 0. The van der Waals surface area contributed by atoms with Gasteiger partial charge in [-0.15, -0.1) is 0 Å². The predicted octanol–water partition coefficient (Wildman–Crippen LogP) is -0.800. The van der Waals surface area contributed by atoms with Gasteiger partial charge in [0.2, 0.25) is 0 Å². The maximum atomic E-state index is 8.68. The van der Waals surface area contributed by atoms with Crippen LogP contribution >= 0.6 is 0 Å². The van der Waals surface area contributed by atoms with Crippen LogP contribution in [0.3, 0.4) is 0 Å². The molecule has 0 aliphatic carbocycles. The van der Waals surface area contributed by atoms with Crippen LogP contribution in [-0.2, 0) is 4.79 Å². The molecule has 0 aliphatic rings. The van der Waals surface area contributed by atoms with Gasteiger partial charge in [-0.3, -0.25) is 4.79 Å². The van der Waals surface area contributed by atoms with Gasteiger partial charge in [0.25, 0.3) is 0 Å². The Morgan fingerprint density at radius 3 is 1.75 bits per heavy atom. The molecule has 21 valence electrons. The van der Waals surface area contributed by atoms with Gasteiger partial charge in [0.15, 0.2) is 6.29 Å². The van der Waals surface area contributed by atoms with Gasteiger partial charge >= 0.3 is 48.9 Å². The van der Waals surface area contributed by atoms with E-state index in [9.17, 15) is 0 Å². The van der Waals surface area contributed by atoms with Crippen LogP contribution in [0.25, 0.3) is 0 Å². The number of hydrogen-bond acceptors (Lipinski definition) is 1. The third kappa shape index (κ3) is 10.6. The minimum absolute atomic E-state index is 0. The summed E-state index contributed by atoms with van der Waals surface area (Å²) >= 11 is 0. The molecule has 0 amide bonds. The van der Waals surface area contributed by atoms with Gasteiger partial charge in [-0.05, 0) is 0 Å². The SMILES string of the molecule is C[C]=O.[BaH2]. The zero-order valence-electron chi connectivity index (χ0n) is 1.91. The topological polar surface area (TPSA) is 17.1 Å². The molecule has 0 heterocycles. The molecule has 2 heteroatoms. The third-order valence-corrected chi connectivity index (χ3v) is 0. The van der Waals surface area contributed by atoms with Crippen LogP contribution in [0.5, 0.6) is 0 Å². The summed E-state index contributed by atoms with van der Waals surface area (Å²) in [6, 6.07) is 0. The molecule has 0 rings (SSSR count). The van der Waals surface area contributed by atoms with Gasteiger partial charge in [0.1, 0.15) is 0 Å². The van der Waals surface area contributed by atoms with Gasteiger partial charge in [-0.2, -0.15) is 0 Å². The van der Waals surface area contributed by atoms with E-state index in [0.717, 1.165) is 0 Å². The van der Waals surface area contributed by atoms with Crippen molar-refractivity contribution in [2.24, 2.45) is 0 Å². The van der Waals surface area contributed by atoms with Crippen LogP contribution in [0.4, 0.5) is 0 Å². The van der Waals surface area contributed by atoms with Gasteiger partial charge < -0.3 is 0 Å². The number of carbonyl (C=O) groups excluding carboxylic acids is 1. The summed E-state index contributed by atoms with van der Waals surface area (Å²) in [7, 11) is 0. The third-order valence-electron chi connectivity index (χ3n) is 0. The van der Waals surface area contributed by atoms with Crippen molar-refractivity contribution < 1.29 is 4.79 Å². The van der Waals surface area contributed by atoms with Crippen molar-refractivity contribution in [3.63, 3.8) is 0 Å². The molecule has 0 aromatic rings. The molecule has 0 fully saturated rings. The van der Waals surface area contributed by atoms with E-state index in [-0.39, 0.29) is 48.9 Å². The number of hydrogen-bond donors (Lipinski definition) is 0. The molecular formula is C2H5BaO. The zero-order valence-corrected chi connectivity index (χ0v) is 1.91. The fraction of sp³-hybridized carbons (Fsp3) is 0.500. The minimum atomic E-state index is 0. The normalized spacial score (nSPS) is 3.25. The first-order chi connectivity index (χ1) is 1.41. The van der Waals surface area contributed by atoms with Crippen molar-refractivity contribution in [1.29, 1.82) is 0 Å². The first-order valence-electron chi connectivity index (χ1n) is 0.704. The van der Waals surface area contributed by atoms with Crippen LogP contribution in [0.2, 0.25) is 0 Å². The van der Waals surface area contributed by atoms with Crippen molar-refractivity contribution in [1.82, 2.24) is 0 Å². The average molecular weight is 182 g/mol. The summed E-state index contributed by atoms with van der Waals surface area (Å²) in [6.45, 7) is 1.32. The Balaban J connectivity index is 0. The first-order valence-corrected chi connectivity index (χ1v) is 0.704. The standard InChI is InChI=1S/C2H3O.Ba.2H/c1-2-3;;;/h1H3;;;. The molecule has 0 unspecified atom stereocenters. The molecule has 0 aliphatic heterocycles. The van der Waals surface area contributed by atoms with E-state index in [1.165, 1.54) is 13.2 Å². The molecule has 1 nitrogen and oxygen atoms in total. The van der Waals surface area contributed by atoms with E-state index >= 15 is 0 Å². The summed E-state index contributed by atoms with van der Waals surface area (Å²) < 4.78 is 0. The van der Waals surface area contributed by atoms with Gasteiger partial charge in [-0.25, -0.2) is 0 Å². The number of rotatable bonds is 0. The second kappa shape index (κ2) is 8.87. The van der Waals surface area contributed by atoms with Crippen LogP contribution < -0.4 is 0 Å². The molecule has 0 N–H and O–H groups in total. The molecule has 1 radical (unpaired) electrons. The van der Waals surface area contributed by atoms with Crippen LogP contribution in [0.15, 0.2) is 0 Å². The summed E-state index contributed by atoms with van der Waals surface area (Å²) in [5.41, 5.74) is 0. The fourth-order valence-electron chi connectivity index (χ4n) is 0. The van der Waals surface area contributed by atoms with Gasteiger partial charge in [-0.1, -0.05) is 0 Å². The van der Waals surface area contributed by atoms with E-state index < -0.39 is 0 Å². The molecule has 0 atom stereocenters. The Morgan fingerprint density at radius 1 is 1.75 bits per heavy atom.